The van der Waals surface area contributed by atoms with Crippen molar-refractivity contribution in [1.29, 1.82) is 0 Å². The van der Waals surface area contributed by atoms with E-state index in [9.17, 15) is 14.3 Å². The molecule has 0 bridgehead atoms. The molecule has 22 heavy (non-hydrogen) atoms. The Morgan fingerprint density at radius 1 is 1.50 bits per heavy atom. The summed E-state index contributed by atoms with van der Waals surface area (Å²) in [4.78, 5) is 15.6. The first-order valence-electron chi connectivity index (χ1n) is 6.58. The summed E-state index contributed by atoms with van der Waals surface area (Å²) in [5.41, 5.74) is 0.338. The average Bonchev–Trinajstić information content (AvgIpc) is 2.99. The Balaban J connectivity index is 1.88. The Bertz CT molecular complexity index is 604. The first-order valence-corrected chi connectivity index (χ1v) is 7.84. The molecule has 2 amide bonds. The molecular weight excluding hydrogens is 329 g/mol. The molecule has 3 N–H and O–H groups in total. The lowest BCUT2D eigenvalue weighted by Crippen LogP contribution is -2.35. The van der Waals surface area contributed by atoms with Crippen LogP contribution in [0.25, 0.3) is 0 Å². The van der Waals surface area contributed by atoms with Crippen LogP contribution in [0.15, 0.2) is 29.8 Å². The second-order valence-electron chi connectivity index (χ2n) is 4.63. The van der Waals surface area contributed by atoms with Gasteiger partial charge in [0.2, 0.25) is 0 Å². The fourth-order valence-electron chi connectivity index (χ4n) is 1.88. The molecular formula is C14H15ClFN3O2S. The third-order valence-corrected chi connectivity index (χ3v) is 4.06. The Morgan fingerprint density at radius 3 is 2.95 bits per heavy atom. The molecule has 1 unspecified atom stereocenters. The number of hydrogen-bond donors (Lipinski definition) is 3. The van der Waals surface area contributed by atoms with Gasteiger partial charge >= 0.3 is 6.03 Å². The summed E-state index contributed by atoms with van der Waals surface area (Å²) in [6, 6.07) is 4.01. The average molecular weight is 344 g/mol. The van der Waals surface area contributed by atoms with E-state index in [1.807, 2.05) is 0 Å². The first-order chi connectivity index (χ1) is 10.6. The summed E-state index contributed by atoms with van der Waals surface area (Å²) in [6.45, 7) is 0.000562. The minimum absolute atomic E-state index is 0.192. The van der Waals surface area contributed by atoms with Gasteiger partial charge in [-0.15, -0.1) is 11.3 Å². The van der Waals surface area contributed by atoms with Crippen LogP contribution in [-0.2, 0) is 6.42 Å². The van der Waals surface area contributed by atoms with E-state index in [1.54, 1.807) is 17.6 Å². The molecule has 2 rings (SSSR count). The number of carbonyl (C=O) groups is 1. The number of thiazole rings is 1. The van der Waals surface area contributed by atoms with Crippen molar-refractivity contribution in [2.24, 2.45) is 5.92 Å². The molecule has 5 nitrogen and oxygen atoms in total. The molecule has 0 aliphatic carbocycles. The van der Waals surface area contributed by atoms with Crippen LogP contribution in [0.3, 0.4) is 0 Å². The van der Waals surface area contributed by atoms with Gasteiger partial charge in [-0.2, -0.15) is 0 Å². The van der Waals surface area contributed by atoms with E-state index < -0.39 is 11.8 Å². The van der Waals surface area contributed by atoms with E-state index in [0.717, 1.165) is 0 Å². The minimum atomic E-state index is -0.423. The smallest absolute Gasteiger partial charge is 0.321 e. The van der Waals surface area contributed by atoms with Gasteiger partial charge in [0.1, 0.15) is 5.82 Å². The molecule has 0 fully saturated rings. The van der Waals surface area contributed by atoms with Gasteiger partial charge in [0.05, 0.1) is 0 Å². The molecule has 8 heteroatoms. The van der Waals surface area contributed by atoms with Gasteiger partial charge in [0, 0.05) is 41.2 Å². The summed E-state index contributed by atoms with van der Waals surface area (Å²) >= 11 is 7.26. The highest BCUT2D eigenvalue weighted by molar-refractivity contribution is 7.13. The number of aromatic nitrogens is 1. The molecule has 118 valence electrons. The van der Waals surface area contributed by atoms with Gasteiger partial charge in [0.15, 0.2) is 5.13 Å². The number of hydrogen-bond acceptors (Lipinski definition) is 4. The maximum atomic E-state index is 13.7. The lowest BCUT2D eigenvalue weighted by Gasteiger charge is -2.16. The zero-order valence-electron chi connectivity index (χ0n) is 11.6. The first kappa shape index (κ1) is 16.7. The number of amides is 2. The van der Waals surface area contributed by atoms with Crippen LogP contribution in [0, 0.1) is 11.7 Å². The van der Waals surface area contributed by atoms with Gasteiger partial charge in [-0.1, -0.05) is 17.7 Å². The minimum Gasteiger partial charge on any atom is -0.396 e. The zero-order valence-corrected chi connectivity index (χ0v) is 13.1. The number of aliphatic hydroxyl groups is 1. The van der Waals surface area contributed by atoms with E-state index >= 15 is 0 Å². The number of carbonyl (C=O) groups excluding carboxylic acids is 1. The zero-order chi connectivity index (χ0) is 15.9. The topological polar surface area (TPSA) is 74.2 Å². The normalized spacial score (nSPS) is 12.0. The van der Waals surface area contributed by atoms with Gasteiger partial charge in [-0.05, 0) is 18.6 Å². The predicted octanol–water partition coefficient (Wildman–Crippen LogP) is 2.91. The highest BCUT2D eigenvalue weighted by atomic mass is 35.5. The molecule has 1 heterocycles. The van der Waals surface area contributed by atoms with Gasteiger partial charge in [0.25, 0.3) is 0 Å². The number of aliphatic hydroxyl groups excluding tert-OH is 1. The summed E-state index contributed by atoms with van der Waals surface area (Å²) in [5, 5.41) is 17.1. The predicted molar refractivity (Wildman–Crippen MR) is 84.8 cm³/mol. The Labute approximate surface area is 136 Å². The maximum absolute atomic E-state index is 13.7. The monoisotopic (exact) mass is 343 g/mol. The van der Waals surface area contributed by atoms with Crippen molar-refractivity contribution in [2.45, 2.75) is 6.42 Å². The summed E-state index contributed by atoms with van der Waals surface area (Å²) < 4.78 is 13.7. The molecule has 1 atom stereocenters. The van der Waals surface area contributed by atoms with Crippen LogP contribution in [0.1, 0.15) is 5.56 Å². The quantitative estimate of drug-likeness (QED) is 0.755. The summed E-state index contributed by atoms with van der Waals surface area (Å²) in [6.07, 6.45) is 1.82. The second-order valence-corrected chi connectivity index (χ2v) is 5.93. The lowest BCUT2D eigenvalue weighted by molar-refractivity contribution is 0.217. The van der Waals surface area contributed by atoms with E-state index in [2.05, 4.69) is 15.6 Å². The number of anilines is 1. The van der Waals surface area contributed by atoms with Crippen LogP contribution in [-0.4, -0.2) is 29.3 Å². The molecule has 0 aliphatic rings. The van der Waals surface area contributed by atoms with Crippen molar-refractivity contribution in [3.05, 3.63) is 46.2 Å². The van der Waals surface area contributed by atoms with Crippen molar-refractivity contribution in [3.63, 3.8) is 0 Å². The summed E-state index contributed by atoms with van der Waals surface area (Å²) in [5.74, 6) is -0.755. The molecule has 1 aromatic carbocycles. The van der Waals surface area contributed by atoms with E-state index in [1.165, 1.54) is 23.5 Å². The van der Waals surface area contributed by atoms with Crippen molar-refractivity contribution in [2.75, 3.05) is 18.5 Å². The van der Waals surface area contributed by atoms with Crippen LogP contribution < -0.4 is 10.6 Å². The number of rotatable bonds is 6. The van der Waals surface area contributed by atoms with Crippen LogP contribution >= 0.6 is 22.9 Å². The highest BCUT2D eigenvalue weighted by Gasteiger charge is 2.15. The lowest BCUT2D eigenvalue weighted by atomic mass is 9.99. The molecule has 0 radical (unpaired) electrons. The fraction of sp³-hybridized carbons (Fsp3) is 0.286. The fourth-order valence-corrected chi connectivity index (χ4v) is 2.64. The van der Waals surface area contributed by atoms with Gasteiger partial charge < -0.3 is 10.4 Å². The number of benzene rings is 1. The molecule has 0 aliphatic heterocycles. The number of urea groups is 1. The van der Waals surface area contributed by atoms with Crippen molar-refractivity contribution < 1.29 is 14.3 Å². The largest absolute Gasteiger partial charge is 0.396 e. The maximum Gasteiger partial charge on any atom is 0.321 e. The molecule has 0 spiro atoms. The Morgan fingerprint density at radius 2 is 2.32 bits per heavy atom. The SMILES string of the molecule is O=C(NCC(CO)Cc1c(F)cccc1Cl)Nc1nccs1. The number of nitrogens with zero attached hydrogens (tertiary/aromatic N) is 1. The van der Waals surface area contributed by atoms with Gasteiger partial charge in [-0.25, -0.2) is 14.2 Å². The number of halogens is 2. The van der Waals surface area contributed by atoms with Crippen LogP contribution in [0.5, 0.6) is 0 Å². The second kappa shape index (κ2) is 8.07. The molecule has 1 aromatic heterocycles. The Kier molecular flexibility index (Phi) is 6.11. The number of nitrogens with one attached hydrogen (secondary N) is 2. The van der Waals surface area contributed by atoms with E-state index in [4.69, 9.17) is 11.6 Å². The third-order valence-electron chi connectivity index (χ3n) is 3.02. The standard InChI is InChI=1S/C14H15ClFN3O2S/c15-11-2-1-3-12(16)10(11)6-9(8-20)7-18-13(21)19-14-17-4-5-22-14/h1-5,9,20H,6-8H2,(H2,17,18,19,21). The van der Waals surface area contributed by atoms with Crippen LogP contribution in [0.4, 0.5) is 14.3 Å². The Hall–Kier alpha value is -1.70. The van der Waals surface area contributed by atoms with Crippen molar-refractivity contribution >= 4 is 34.1 Å². The molecule has 2 aromatic rings. The van der Waals surface area contributed by atoms with Crippen molar-refractivity contribution in [1.82, 2.24) is 10.3 Å². The third kappa shape index (κ3) is 4.66. The van der Waals surface area contributed by atoms with Crippen molar-refractivity contribution in [3.8, 4) is 0 Å². The molecule has 0 saturated heterocycles. The van der Waals surface area contributed by atoms with Crippen LogP contribution in [0.2, 0.25) is 5.02 Å². The van der Waals surface area contributed by atoms with E-state index in [0.29, 0.717) is 15.7 Å². The van der Waals surface area contributed by atoms with Gasteiger partial charge in [-0.3, -0.25) is 5.32 Å². The summed E-state index contributed by atoms with van der Waals surface area (Å²) in [7, 11) is 0. The highest BCUT2D eigenvalue weighted by Crippen LogP contribution is 2.22. The molecule has 0 saturated carbocycles. The van der Waals surface area contributed by atoms with E-state index in [-0.39, 0.29) is 25.5 Å².